The van der Waals surface area contributed by atoms with Gasteiger partial charge in [-0.3, -0.25) is 0 Å². The molecule has 7 aromatic carbocycles. The van der Waals surface area contributed by atoms with Crippen molar-refractivity contribution in [1.82, 2.24) is 0 Å². The first-order chi connectivity index (χ1) is 23.3. The Labute approximate surface area is 270 Å². The Morgan fingerprint density at radius 2 is 0.851 bits per heavy atom. The van der Waals surface area contributed by atoms with Crippen LogP contribution in [0.3, 0.4) is 0 Å². The largest absolute Gasteiger partial charge is 0.456 e. The van der Waals surface area contributed by atoms with E-state index in [2.05, 4.69) is 149 Å². The van der Waals surface area contributed by atoms with Crippen LogP contribution < -0.4 is 26.2 Å². The van der Waals surface area contributed by atoms with E-state index in [0.29, 0.717) is 0 Å². The lowest BCUT2D eigenvalue weighted by Crippen LogP contribution is -2.61. The molecule has 0 radical (unpaired) electrons. The number of para-hydroxylation sites is 5. The van der Waals surface area contributed by atoms with Crippen molar-refractivity contribution in [3.8, 4) is 0 Å². The maximum absolute atomic E-state index is 6.63. The fourth-order valence-electron chi connectivity index (χ4n) is 8.21. The monoisotopic (exact) mass is 600 g/mol. The van der Waals surface area contributed by atoms with Crippen molar-refractivity contribution in [1.29, 1.82) is 0 Å². The van der Waals surface area contributed by atoms with E-state index in [-0.39, 0.29) is 6.71 Å². The Balaban J connectivity index is 1.24. The molecule has 218 valence electrons. The average molecular weight is 600 g/mol. The Hall–Kier alpha value is -6.20. The fourth-order valence-corrected chi connectivity index (χ4v) is 8.21. The summed E-state index contributed by atoms with van der Waals surface area (Å²) in [5.41, 5.74) is 14.2. The summed E-state index contributed by atoms with van der Waals surface area (Å²) in [4.78, 5) is 4.86. The molecule has 0 amide bonds. The highest BCUT2D eigenvalue weighted by Gasteiger charge is 2.43. The number of rotatable bonds is 2. The van der Waals surface area contributed by atoms with Crippen LogP contribution in [0.2, 0.25) is 0 Å². The quantitative estimate of drug-likeness (QED) is 0.185. The zero-order valence-corrected chi connectivity index (χ0v) is 25.2. The molecule has 4 nitrogen and oxygen atoms in total. The molecule has 0 atom stereocenters. The molecule has 2 aliphatic heterocycles. The number of benzene rings is 7. The number of fused-ring (bicyclic) bond motifs is 10. The van der Waals surface area contributed by atoms with Crippen molar-refractivity contribution < 1.29 is 8.83 Å². The van der Waals surface area contributed by atoms with Gasteiger partial charge in [0.2, 0.25) is 0 Å². The van der Waals surface area contributed by atoms with Crippen molar-refractivity contribution >= 4 is 101 Å². The first-order valence-electron chi connectivity index (χ1n) is 16.1. The molecule has 47 heavy (non-hydrogen) atoms. The number of anilines is 6. The predicted molar refractivity (Wildman–Crippen MR) is 195 cm³/mol. The van der Waals surface area contributed by atoms with Gasteiger partial charge in [0.15, 0.2) is 5.58 Å². The van der Waals surface area contributed by atoms with Gasteiger partial charge in [0.1, 0.15) is 16.7 Å². The summed E-state index contributed by atoms with van der Waals surface area (Å²) < 4.78 is 13.0. The van der Waals surface area contributed by atoms with E-state index in [9.17, 15) is 0 Å². The summed E-state index contributed by atoms with van der Waals surface area (Å²) >= 11 is 0. The lowest BCUT2D eigenvalue weighted by atomic mass is 9.33. The van der Waals surface area contributed by atoms with E-state index in [1.165, 1.54) is 33.5 Å². The maximum Gasteiger partial charge on any atom is 0.252 e. The van der Waals surface area contributed by atoms with Crippen LogP contribution in [0.5, 0.6) is 0 Å². The molecule has 9 aromatic rings. The topological polar surface area (TPSA) is 32.8 Å². The molecule has 2 aliphatic rings. The maximum atomic E-state index is 6.63. The van der Waals surface area contributed by atoms with Crippen LogP contribution in [0, 0.1) is 0 Å². The first-order valence-corrected chi connectivity index (χ1v) is 16.1. The summed E-state index contributed by atoms with van der Waals surface area (Å²) in [6.45, 7) is 0.0660. The third kappa shape index (κ3) is 3.27. The Kier molecular flexibility index (Phi) is 4.89. The highest BCUT2D eigenvalue weighted by molar-refractivity contribution is 7.00. The number of hydrogen-bond acceptors (Lipinski definition) is 4. The molecular formula is C42H25BN2O2. The van der Waals surface area contributed by atoms with Crippen LogP contribution in [-0.4, -0.2) is 6.71 Å². The number of hydrogen-bond donors (Lipinski definition) is 0. The zero-order valence-electron chi connectivity index (χ0n) is 25.2. The van der Waals surface area contributed by atoms with Crippen LogP contribution in [0.15, 0.2) is 160 Å². The second-order valence-corrected chi connectivity index (χ2v) is 12.4. The molecule has 0 fully saturated rings. The van der Waals surface area contributed by atoms with Gasteiger partial charge in [-0.15, -0.1) is 0 Å². The van der Waals surface area contributed by atoms with Crippen LogP contribution in [-0.2, 0) is 0 Å². The molecule has 0 unspecified atom stereocenters. The van der Waals surface area contributed by atoms with Crippen LogP contribution in [0.25, 0.3) is 43.9 Å². The number of nitrogens with zero attached hydrogens (tertiary/aromatic N) is 2. The SMILES string of the molecule is c1ccc2c(c1)B1c3ccccc3N(c3cccc4oc5ccccc5c34)c3cccc(c31)N2c1cccc2c1oc1ccccc12. The van der Waals surface area contributed by atoms with E-state index in [4.69, 9.17) is 8.83 Å². The van der Waals surface area contributed by atoms with E-state index >= 15 is 0 Å². The highest BCUT2D eigenvalue weighted by Crippen LogP contribution is 2.48. The molecule has 5 heteroatoms. The molecular weight excluding hydrogens is 575 g/mol. The van der Waals surface area contributed by atoms with Gasteiger partial charge in [0.05, 0.1) is 16.8 Å². The summed E-state index contributed by atoms with van der Waals surface area (Å²) in [7, 11) is 0. The summed E-state index contributed by atoms with van der Waals surface area (Å²) in [6, 6.07) is 54.0. The minimum Gasteiger partial charge on any atom is -0.456 e. The number of furan rings is 2. The normalized spacial score (nSPS) is 13.4. The summed E-state index contributed by atoms with van der Waals surface area (Å²) in [5.74, 6) is 0. The molecule has 11 rings (SSSR count). The lowest BCUT2D eigenvalue weighted by Gasteiger charge is -2.44. The van der Waals surface area contributed by atoms with Gasteiger partial charge < -0.3 is 18.6 Å². The summed E-state index contributed by atoms with van der Waals surface area (Å²) in [6.07, 6.45) is 0. The molecule has 0 N–H and O–H groups in total. The van der Waals surface area contributed by atoms with Gasteiger partial charge in [0.25, 0.3) is 6.71 Å². The molecule has 4 heterocycles. The standard InChI is InChI=1S/C42H25BN2O2/c1-7-23-37-26(12-1)27-14-9-22-36(42(27)47-37)45-32-18-6-4-16-30(32)43-29-15-3-5-17-31(29)44(34-20-10-21-35(45)41(34)43)33-19-11-25-39-40(33)28-13-2-8-24-38(28)46-39/h1-25H. The van der Waals surface area contributed by atoms with Gasteiger partial charge in [-0.2, -0.15) is 0 Å². The first kappa shape index (κ1) is 25.0. The zero-order chi connectivity index (χ0) is 30.6. The highest BCUT2D eigenvalue weighted by atomic mass is 16.3. The third-order valence-electron chi connectivity index (χ3n) is 10.1. The molecule has 2 aromatic heterocycles. The second kappa shape index (κ2) is 9.18. The van der Waals surface area contributed by atoms with Crippen molar-refractivity contribution in [2.24, 2.45) is 0 Å². The Morgan fingerprint density at radius 3 is 1.62 bits per heavy atom. The molecule has 0 saturated heterocycles. The van der Waals surface area contributed by atoms with Gasteiger partial charge in [0, 0.05) is 38.9 Å². The molecule has 0 bridgehead atoms. The van der Waals surface area contributed by atoms with E-state index < -0.39 is 0 Å². The third-order valence-corrected chi connectivity index (χ3v) is 10.1. The minimum absolute atomic E-state index is 0.0660. The van der Waals surface area contributed by atoms with Gasteiger partial charge in [-0.25, -0.2) is 0 Å². The molecule has 0 saturated carbocycles. The van der Waals surface area contributed by atoms with Crippen LogP contribution in [0.4, 0.5) is 34.1 Å². The minimum atomic E-state index is 0.0660. The van der Waals surface area contributed by atoms with Gasteiger partial charge in [-0.05, 0) is 71.0 Å². The smallest absolute Gasteiger partial charge is 0.252 e. The Morgan fingerprint density at radius 1 is 0.362 bits per heavy atom. The second-order valence-electron chi connectivity index (χ2n) is 12.4. The van der Waals surface area contributed by atoms with Crippen molar-refractivity contribution in [3.05, 3.63) is 152 Å². The van der Waals surface area contributed by atoms with Gasteiger partial charge in [-0.1, -0.05) is 97.1 Å². The van der Waals surface area contributed by atoms with E-state index in [1.54, 1.807) is 0 Å². The summed E-state index contributed by atoms with van der Waals surface area (Å²) in [5, 5.41) is 4.48. The van der Waals surface area contributed by atoms with Crippen molar-refractivity contribution in [2.45, 2.75) is 0 Å². The average Bonchev–Trinajstić information content (AvgIpc) is 3.71. The Bertz CT molecular complexity index is 2740. The van der Waals surface area contributed by atoms with Crippen molar-refractivity contribution in [2.75, 3.05) is 9.80 Å². The van der Waals surface area contributed by atoms with Crippen LogP contribution >= 0.6 is 0 Å². The lowest BCUT2D eigenvalue weighted by molar-refractivity contribution is 0.668. The molecule has 0 spiro atoms. The fraction of sp³-hybridized carbons (Fsp3) is 0. The van der Waals surface area contributed by atoms with Crippen molar-refractivity contribution in [3.63, 3.8) is 0 Å². The van der Waals surface area contributed by atoms with E-state index in [1.807, 2.05) is 12.1 Å². The van der Waals surface area contributed by atoms with Crippen LogP contribution in [0.1, 0.15) is 0 Å². The molecule has 0 aliphatic carbocycles. The van der Waals surface area contributed by atoms with Gasteiger partial charge >= 0.3 is 0 Å². The predicted octanol–water partition coefficient (Wildman–Crippen LogP) is 9.57. The van der Waals surface area contributed by atoms with E-state index in [0.717, 1.165) is 60.9 Å².